The van der Waals surface area contributed by atoms with Crippen LogP contribution in [0.2, 0.25) is 0 Å². The molecule has 1 aromatic carbocycles. The van der Waals surface area contributed by atoms with Crippen LogP contribution < -0.4 is 10.9 Å². The van der Waals surface area contributed by atoms with Crippen molar-refractivity contribution < 1.29 is 13.5 Å². The number of hydrogen-bond donors (Lipinski definition) is 3. The molecule has 0 spiro atoms. The quantitative estimate of drug-likeness (QED) is 0.545. The summed E-state index contributed by atoms with van der Waals surface area (Å²) in [6, 6.07) is 7.06. The summed E-state index contributed by atoms with van der Waals surface area (Å²) in [6.45, 7) is 0. The lowest BCUT2D eigenvalue weighted by molar-refractivity contribution is -0.127. The van der Waals surface area contributed by atoms with Crippen molar-refractivity contribution in [1.82, 2.24) is 9.55 Å². The zero-order valence-electron chi connectivity index (χ0n) is 18.9. The summed E-state index contributed by atoms with van der Waals surface area (Å²) < 4.78 is 26.3. The molecule has 0 saturated heterocycles. The van der Waals surface area contributed by atoms with Crippen LogP contribution in [0.4, 0.5) is 5.69 Å². The molecule has 174 valence electrons. The van der Waals surface area contributed by atoms with Gasteiger partial charge in [-0.25, -0.2) is 8.42 Å². The Balaban J connectivity index is 1.53. The number of hydrogen-bond acceptors (Lipinski definition) is 5. The summed E-state index contributed by atoms with van der Waals surface area (Å²) in [5, 5.41) is 15.8. The van der Waals surface area contributed by atoms with Gasteiger partial charge in [-0.2, -0.15) is 0 Å². The molecule has 0 aliphatic heterocycles. The minimum Gasteiger partial charge on any atom is -0.390 e. The summed E-state index contributed by atoms with van der Waals surface area (Å²) in [6.07, 6.45) is 10.4. The van der Waals surface area contributed by atoms with Crippen molar-refractivity contribution in [2.24, 2.45) is 18.9 Å². The minimum absolute atomic E-state index is 0.129. The van der Waals surface area contributed by atoms with Crippen molar-refractivity contribution in [2.75, 3.05) is 11.6 Å². The molecule has 7 rings (SSSR count). The molecule has 3 N–H and O–H groups in total. The fourth-order valence-electron chi connectivity index (χ4n) is 7.22. The van der Waals surface area contributed by atoms with Crippen LogP contribution in [-0.4, -0.2) is 40.5 Å². The molecule has 8 heteroatoms. The van der Waals surface area contributed by atoms with Crippen LogP contribution in [-0.2, 0) is 16.9 Å². The summed E-state index contributed by atoms with van der Waals surface area (Å²) in [5.74, 6) is 1.05. The predicted octanol–water partition coefficient (Wildman–Crippen LogP) is 3.43. The molecule has 4 saturated carbocycles. The number of aliphatic hydroxyl groups is 1. The lowest BCUT2D eigenvalue weighted by atomic mass is 9.51. The average Bonchev–Trinajstić information content (AvgIpc) is 3.18. The Kier molecular flexibility index (Phi) is 4.28. The average molecular weight is 468 g/mol. The molecule has 7 nitrogen and oxygen atoms in total. The topological polar surface area (TPSA) is 104 Å². The number of benzene rings is 1. The maximum atomic E-state index is 12.6. The van der Waals surface area contributed by atoms with E-state index in [9.17, 15) is 18.3 Å². The van der Waals surface area contributed by atoms with Crippen molar-refractivity contribution in [3.05, 3.63) is 47.0 Å². The fraction of sp³-hybridized carbons (Fsp3) is 0.480. The number of aromatic amines is 1. The first-order chi connectivity index (χ1) is 15.5. The molecular weight excluding hydrogens is 438 g/mol. The van der Waals surface area contributed by atoms with Crippen molar-refractivity contribution >= 4 is 26.4 Å². The molecule has 4 fully saturated rings. The Labute approximate surface area is 192 Å². The van der Waals surface area contributed by atoms with Gasteiger partial charge in [0.1, 0.15) is 5.52 Å². The Hall–Kier alpha value is -2.58. The van der Waals surface area contributed by atoms with E-state index < -0.39 is 15.4 Å². The van der Waals surface area contributed by atoms with Crippen LogP contribution in [0.25, 0.3) is 22.0 Å². The molecule has 2 aromatic heterocycles. The lowest BCUT2D eigenvalue weighted by Gasteiger charge is -2.60. The smallest absolute Gasteiger partial charge is 0.274 e. The predicted molar refractivity (Wildman–Crippen MR) is 128 cm³/mol. The Bertz CT molecular complexity index is 1440. The fourth-order valence-corrected chi connectivity index (χ4v) is 7.86. The summed E-state index contributed by atoms with van der Waals surface area (Å²) in [5.41, 5.74) is 1.96. The standard InChI is InChI=1S/C25H29N3O4S/c1-28-13-20(18-5-6-26-22(18)23(28)29)19-8-17(33(2,31)32)3-4-21(19)27-24-9-15-7-16(10-24)12-25(30,11-15)14-24/h3-6,8,13,15-16,26-27,30H,7,9-12,14H2,1-2H3. The van der Waals surface area contributed by atoms with Crippen LogP contribution >= 0.6 is 0 Å². The first-order valence-corrected chi connectivity index (χ1v) is 13.5. The number of rotatable bonds is 4. The van der Waals surface area contributed by atoms with Crippen molar-refractivity contribution in [2.45, 2.75) is 54.6 Å². The van der Waals surface area contributed by atoms with E-state index in [4.69, 9.17) is 0 Å². The van der Waals surface area contributed by atoms with Gasteiger partial charge >= 0.3 is 0 Å². The number of nitrogens with zero attached hydrogens (tertiary/aromatic N) is 1. The minimum atomic E-state index is -3.42. The Morgan fingerprint density at radius 3 is 2.52 bits per heavy atom. The number of anilines is 1. The van der Waals surface area contributed by atoms with Crippen LogP contribution in [0.3, 0.4) is 0 Å². The largest absolute Gasteiger partial charge is 0.390 e. The summed E-state index contributed by atoms with van der Waals surface area (Å²) in [4.78, 5) is 15.9. The molecule has 0 amide bonds. The number of aryl methyl sites for hydroxylation is 1. The number of fused-ring (bicyclic) bond motifs is 1. The molecule has 0 radical (unpaired) electrons. The van der Waals surface area contributed by atoms with Gasteiger partial charge in [0.15, 0.2) is 9.84 Å². The third-order valence-corrected chi connectivity index (χ3v) is 9.14. The lowest BCUT2D eigenvalue weighted by Crippen LogP contribution is -2.62. The summed E-state index contributed by atoms with van der Waals surface area (Å²) in [7, 11) is -1.71. The third-order valence-electron chi connectivity index (χ3n) is 8.03. The van der Waals surface area contributed by atoms with Crippen molar-refractivity contribution in [1.29, 1.82) is 0 Å². The highest BCUT2D eigenvalue weighted by atomic mass is 32.2. The van der Waals surface area contributed by atoms with E-state index in [1.807, 2.05) is 12.1 Å². The van der Waals surface area contributed by atoms with Crippen LogP contribution in [0.1, 0.15) is 38.5 Å². The number of pyridine rings is 1. The normalized spacial score (nSPS) is 30.8. The molecular formula is C25H29N3O4S. The number of aromatic nitrogens is 2. The molecule has 3 aromatic rings. The SMILES string of the molecule is Cn1cc(-c2cc(S(C)(=O)=O)ccc2NC23CC4CC(CC(O)(C4)C2)C3)c2cc[nH]c2c1=O. The van der Waals surface area contributed by atoms with Gasteiger partial charge in [-0.05, 0) is 74.6 Å². The third kappa shape index (κ3) is 3.34. The van der Waals surface area contributed by atoms with Gasteiger partial charge in [0, 0.05) is 53.4 Å². The second-order valence-electron chi connectivity index (χ2n) is 10.8. The molecule has 2 atom stereocenters. The van der Waals surface area contributed by atoms with Gasteiger partial charge in [-0.1, -0.05) is 0 Å². The first-order valence-electron chi connectivity index (χ1n) is 11.6. The molecule has 4 aliphatic rings. The van der Waals surface area contributed by atoms with E-state index in [1.54, 1.807) is 31.6 Å². The maximum Gasteiger partial charge on any atom is 0.274 e. The number of H-pyrrole nitrogens is 1. The zero-order chi connectivity index (χ0) is 23.2. The summed E-state index contributed by atoms with van der Waals surface area (Å²) >= 11 is 0. The van der Waals surface area contributed by atoms with Crippen molar-refractivity contribution in [3.8, 4) is 11.1 Å². The van der Waals surface area contributed by atoms with Gasteiger partial charge in [0.2, 0.25) is 0 Å². The van der Waals surface area contributed by atoms with E-state index in [-0.39, 0.29) is 16.0 Å². The second kappa shape index (κ2) is 6.73. The van der Waals surface area contributed by atoms with Gasteiger partial charge in [0.05, 0.1) is 10.5 Å². The highest BCUT2D eigenvalue weighted by molar-refractivity contribution is 7.90. The van der Waals surface area contributed by atoms with E-state index in [0.29, 0.717) is 23.8 Å². The van der Waals surface area contributed by atoms with Crippen LogP contribution in [0, 0.1) is 11.8 Å². The van der Waals surface area contributed by atoms with Crippen molar-refractivity contribution in [3.63, 3.8) is 0 Å². The van der Waals surface area contributed by atoms with E-state index in [1.165, 1.54) is 17.2 Å². The first kappa shape index (κ1) is 21.0. The monoisotopic (exact) mass is 467 g/mol. The maximum absolute atomic E-state index is 12.6. The van der Waals surface area contributed by atoms with Gasteiger partial charge < -0.3 is 20.0 Å². The molecule has 4 bridgehead atoms. The van der Waals surface area contributed by atoms with Crippen LogP contribution in [0.5, 0.6) is 0 Å². The second-order valence-corrected chi connectivity index (χ2v) is 12.8. The van der Waals surface area contributed by atoms with E-state index in [0.717, 1.165) is 47.9 Å². The molecule has 33 heavy (non-hydrogen) atoms. The zero-order valence-corrected chi connectivity index (χ0v) is 19.7. The van der Waals surface area contributed by atoms with E-state index in [2.05, 4.69) is 10.3 Å². The highest BCUT2D eigenvalue weighted by Gasteiger charge is 2.57. The van der Waals surface area contributed by atoms with Gasteiger partial charge in [-0.3, -0.25) is 4.79 Å². The molecule has 4 aliphatic carbocycles. The molecule has 2 unspecified atom stereocenters. The van der Waals surface area contributed by atoms with E-state index >= 15 is 0 Å². The highest BCUT2D eigenvalue weighted by Crippen LogP contribution is 2.58. The Morgan fingerprint density at radius 1 is 1.12 bits per heavy atom. The van der Waals surface area contributed by atoms with Gasteiger partial charge in [-0.15, -0.1) is 0 Å². The van der Waals surface area contributed by atoms with Gasteiger partial charge in [0.25, 0.3) is 5.56 Å². The van der Waals surface area contributed by atoms with Crippen LogP contribution in [0.15, 0.2) is 46.3 Å². The number of sulfone groups is 1. The number of nitrogens with one attached hydrogen (secondary N) is 2. The molecule has 2 heterocycles. The Morgan fingerprint density at radius 2 is 1.85 bits per heavy atom.